The van der Waals surface area contributed by atoms with Crippen LogP contribution in [0.1, 0.15) is 0 Å². The van der Waals surface area contributed by atoms with Crippen LogP contribution >= 0.6 is 0 Å². The molecule has 0 radical (unpaired) electrons. The van der Waals surface area contributed by atoms with E-state index in [1.807, 2.05) is 115 Å². The van der Waals surface area contributed by atoms with E-state index in [0.717, 1.165) is 39.0 Å². The van der Waals surface area contributed by atoms with E-state index in [1.165, 1.54) is 0 Å². The molecule has 6 aromatic rings. The van der Waals surface area contributed by atoms with Crippen molar-refractivity contribution in [3.05, 3.63) is 132 Å². The van der Waals surface area contributed by atoms with Crippen LogP contribution in [-0.2, 0) is 0 Å². The average molecular weight is 482 g/mol. The Balaban J connectivity index is 1.67. The first-order valence-electron chi connectivity index (χ1n) is 12.0. The summed E-state index contributed by atoms with van der Waals surface area (Å²) in [5.74, 6) is 1.28. The lowest BCUT2D eigenvalue weighted by Gasteiger charge is -2.16. The number of rotatable bonds is 5. The molecule has 2 aromatic heterocycles. The van der Waals surface area contributed by atoms with Crippen LogP contribution in [0.4, 0.5) is 0 Å². The van der Waals surface area contributed by atoms with Gasteiger partial charge in [-0.15, -0.1) is 0 Å². The van der Waals surface area contributed by atoms with Crippen LogP contribution in [0, 0.1) is 0 Å². The smallest absolute Gasteiger partial charge is 0.266 e. The molecule has 37 heavy (non-hydrogen) atoms. The van der Waals surface area contributed by atoms with Crippen LogP contribution in [0.15, 0.2) is 126 Å². The summed E-state index contributed by atoms with van der Waals surface area (Å²) in [5, 5.41) is 0.824. The molecule has 0 unspecified atom stereocenters. The molecule has 6 rings (SSSR count). The largest absolute Gasteiger partial charge is 0.497 e. The van der Waals surface area contributed by atoms with Crippen LogP contribution in [0.2, 0.25) is 0 Å². The zero-order chi connectivity index (χ0) is 25.2. The van der Waals surface area contributed by atoms with Gasteiger partial charge in [-0.3, -0.25) is 9.36 Å². The van der Waals surface area contributed by atoms with Gasteiger partial charge in [0.15, 0.2) is 0 Å². The quantitative estimate of drug-likeness (QED) is 0.272. The monoisotopic (exact) mass is 481 g/mol. The lowest BCUT2D eigenvalue weighted by Crippen LogP contribution is -2.23. The Morgan fingerprint density at radius 2 is 1.35 bits per heavy atom. The van der Waals surface area contributed by atoms with Gasteiger partial charge in [0.25, 0.3) is 5.56 Å². The van der Waals surface area contributed by atoms with Crippen LogP contribution in [0.3, 0.4) is 0 Å². The van der Waals surface area contributed by atoms with Crippen molar-refractivity contribution in [2.24, 2.45) is 0 Å². The first kappa shape index (κ1) is 22.4. The van der Waals surface area contributed by atoms with E-state index in [4.69, 9.17) is 14.7 Å². The summed E-state index contributed by atoms with van der Waals surface area (Å²) >= 11 is 0. The molecular weight excluding hydrogens is 458 g/mol. The topological polar surface area (TPSA) is 57.0 Å². The van der Waals surface area contributed by atoms with Crippen molar-refractivity contribution in [2.45, 2.75) is 0 Å². The summed E-state index contributed by atoms with van der Waals surface area (Å²) in [4.78, 5) is 24.0. The van der Waals surface area contributed by atoms with Crippen LogP contribution in [0.25, 0.3) is 50.4 Å². The molecule has 0 bridgehead atoms. The molecule has 0 fully saturated rings. The molecule has 178 valence electrons. The minimum absolute atomic E-state index is 0.158. The molecule has 0 N–H and O–H groups in total. The van der Waals surface area contributed by atoms with Gasteiger partial charge in [-0.1, -0.05) is 78.9 Å². The zero-order valence-corrected chi connectivity index (χ0v) is 20.2. The summed E-state index contributed by atoms with van der Waals surface area (Å²) in [6.45, 7) is 0. The molecule has 5 nitrogen and oxygen atoms in total. The van der Waals surface area contributed by atoms with Crippen LogP contribution in [-0.4, -0.2) is 21.6 Å². The van der Waals surface area contributed by atoms with Gasteiger partial charge in [-0.25, -0.2) is 9.97 Å². The predicted octanol–water partition coefficient (Wildman–Crippen LogP) is 6.79. The second kappa shape index (κ2) is 9.55. The Hall–Kier alpha value is -5.03. The normalized spacial score (nSPS) is 10.9. The lowest BCUT2D eigenvalue weighted by molar-refractivity contribution is 0.415. The fourth-order valence-electron chi connectivity index (χ4n) is 4.56. The molecule has 0 amide bonds. The fraction of sp³-hybridized carbons (Fsp3) is 0.0312. The molecule has 0 aliphatic rings. The number of hydrogen-bond acceptors (Lipinski definition) is 4. The highest BCUT2D eigenvalue weighted by atomic mass is 16.5. The van der Waals surface area contributed by atoms with E-state index in [-0.39, 0.29) is 5.56 Å². The third kappa shape index (κ3) is 4.17. The van der Waals surface area contributed by atoms with Crippen LogP contribution < -0.4 is 10.3 Å². The van der Waals surface area contributed by atoms with E-state index in [9.17, 15) is 4.79 Å². The van der Waals surface area contributed by atoms with Gasteiger partial charge in [0.1, 0.15) is 11.6 Å². The number of hydrogen-bond donors (Lipinski definition) is 0. The predicted molar refractivity (Wildman–Crippen MR) is 148 cm³/mol. The highest BCUT2D eigenvalue weighted by molar-refractivity contribution is 5.97. The number of methoxy groups -OCH3 is 1. The highest BCUT2D eigenvalue weighted by Gasteiger charge is 2.18. The molecular formula is C32H23N3O2. The van der Waals surface area contributed by atoms with Gasteiger partial charge in [-0.05, 0) is 36.4 Å². The van der Waals surface area contributed by atoms with Gasteiger partial charge in [0.05, 0.1) is 29.6 Å². The zero-order valence-electron chi connectivity index (χ0n) is 20.2. The maximum absolute atomic E-state index is 14.3. The standard InChI is InChI=1S/C32H23N3O2/c1-37-25-17-18-29-27(19-25)26(20-30(34-29)22-11-5-2-6-12-22)28-21-33-31(23-13-7-3-8-14-23)35(32(28)36)24-15-9-4-10-16-24/h2-21H,1H3. The SMILES string of the molecule is COc1ccc2nc(-c3ccccc3)cc(-c3cnc(-c4ccccc4)n(-c4ccccc4)c3=O)c2c1. The summed E-state index contributed by atoms with van der Waals surface area (Å²) in [6.07, 6.45) is 1.67. The average Bonchev–Trinajstić information content (AvgIpc) is 2.97. The van der Waals surface area contributed by atoms with Gasteiger partial charge in [0.2, 0.25) is 0 Å². The lowest BCUT2D eigenvalue weighted by atomic mass is 9.99. The molecule has 0 aliphatic heterocycles. The van der Waals surface area contributed by atoms with Crippen molar-refractivity contribution in [3.63, 3.8) is 0 Å². The minimum Gasteiger partial charge on any atom is -0.497 e. The van der Waals surface area contributed by atoms with Gasteiger partial charge >= 0.3 is 0 Å². The number of aromatic nitrogens is 3. The number of para-hydroxylation sites is 1. The van der Waals surface area contributed by atoms with Crippen LogP contribution in [0.5, 0.6) is 5.75 Å². The van der Waals surface area contributed by atoms with E-state index >= 15 is 0 Å². The number of fused-ring (bicyclic) bond motifs is 1. The molecule has 2 heterocycles. The molecule has 5 heteroatoms. The third-order valence-corrected chi connectivity index (χ3v) is 6.38. The highest BCUT2D eigenvalue weighted by Crippen LogP contribution is 2.33. The number of benzene rings is 4. The Labute approximate surface area is 214 Å². The van der Waals surface area contributed by atoms with Crippen molar-refractivity contribution >= 4 is 10.9 Å². The van der Waals surface area contributed by atoms with E-state index in [1.54, 1.807) is 17.9 Å². The Kier molecular flexibility index (Phi) is 5.79. The molecule has 0 aliphatic carbocycles. The number of nitrogens with zero attached hydrogens (tertiary/aromatic N) is 3. The van der Waals surface area contributed by atoms with Gasteiger partial charge in [-0.2, -0.15) is 0 Å². The number of ether oxygens (including phenoxy) is 1. The summed E-state index contributed by atoms with van der Waals surface area (Å²) in [7, 11) is 1.63. The third-order valence-electron chi connectivity index (χ3n) is 6.38. The second-order valence-corrected chi connectivity index (χ2v) is 8.64. The van der Waals surface area contributed by atoms with E-state index < -0.39 is 0 Å². The summed E-state index contributed by atoms with van der Waals surface area (Å²) in [5.41, 5.74) is 5.22. The second-order valence-electron chi connectivity index (χ2n) is 8.64. The minimum atomic E-state index is -0.158. The van der Waals surface area contributed by atoms with Gasteiger partial charge < -0.3 is 4.74 Å². The first-order valence-corrected chi connectivity index (χ1v) is 12.0. The molecule has 0 spiro atoms. The summed E-state index contributed by atoms with van der Waals surface area (Å²) < 4.78 is 7.18. The van der Waals surface area contributed by atoms with Crippen molar-refractivity contribution in [1.29, 1.82) is 0 Å². The molecule has 0 atom stereocenters. The van der Waals surface area contributed by atoms with Gasteiger partial charge in [0, 0.05) is 28.3 Å². The van der Waals surface area contributed by atoms with Crippen molar-refractivity contribution in [1.82, 2.24) is 14.5 Å². The van der Waals surface area contributed by atoms with Crippen molar-refractivity contribution < 1.29 is 4.74 Å². The molecule has 4 aromatic carbocycles. The van der Waals surface area contributed by atoms with E-state index in [2.05, 4.69) is 0 Å². The Morgan fingerprint density at radius 3 is 2.03 bits per heavy atom. The first-order chi connectivity index (χ1) is 18.2. The van der Waals surface area contributed by atoms with E-state index in [0.29, 0.717) is 17.1 Å². The maximum atomic E-state index is 14.3. The number of pyridine rings is 1. The Morgan fingerprint density at radius 1 is 0.703 bits per heavy atom. The maximum Gasteiger partial charge on any atom is 0.266 e. The fourth-order valence-corrected chi connectivity index (χ4v) is 4.56. The summed E-state index contributed by atoms with van der Waals surface area (Å²) in [6, 6.07) is 37.0. The van der Waals surface area contributed by atoms with Crippen molar-refractivity contribution in [3.8, 4) is 45.2 Å². The van der Waals surface area contributed by atoms with Crippen molar-refractivity contribution in [2.75, 3.05) is 7.11 Å². The molecule has 0 saturated heterocycles. The Bertz CT molecular complexity index is 1760. The molecule has 0 saturated carbocycles.